The van der Waals surface area contributed by atoms with Crippen LogP contribution in [0.3, 0.4) is 0 Å². The number of nitrogens with one attached hydrogen (secondary N) is 1. The Bertz CT molecular complexity index is 785. The molecule has 0 fully saturated rings. The van der Waals surface area contributed by atoms with E-state index in [-0.39, 0.29) is 11.8 Å². The Morgan fingerprint density at radius 3 is 3.14 bits per heavy atom. The quantitative estimate of drug-likeness (QED) is 0.843. The van der Waals surface area contributed by atoms with Gasteiger partial charge in [-0.25, -0.2) is 0 Å². The van der Waals surface area contributed by atoms with Crippen LogP contribution >= 0.6 is 0 Å². The van der Waals surface area contributed by atoms with Crippen LogP contribution in [0.1, 0.15) is 24.0 Å². The highest BCUT2D eigenvalue weighted by molar-refractivity contribution is 6.09. The van der Waals surface area contributed by atoms with Crippen molar-refractivity contribution in [3.05, 3.63) is 41.6 Å². The van der Waals surface area contributed by atoms with Gasteiger partial charge in [-0.05, 0) is 36.6 Å². The summed E-state index contributed by atoms with van der Waals surface area (Å²) in [6.45, 7) is 0.395. The molecule has 1 aliphatic carbocycles. The van der Waals surface area contributed by atoms with Crippen LogP contribution < -0.4 is 0 Å². The van der Waals surface area contributed by atoms with Crippen molar-refractivity contribution in [2.45, 2.75) is 12.8 Å². The molecule has 4 rings (SSSR count). The van der Waals surface area contributed by atoms with Gasteiger partial charge >= 0.3 is 5.97 Å². The molecule has 106 valence electrons. The van der Waals surface area contributed by atoms with Crippen LogP contribution in [0.5, 0.6) is 0 Å². The van der Waals surface area contributed by atoms with Crippen LogP contribution in [0.25, 0.3) is 17.0 Å². The molecule has 1 aromatic heterocycles. The average molecular weight is 280 g/mol. The normalized spacial score (nSPS) is 24.1. The number of aliphatic imine (C=N–C) groups is 1. The van der Waals surface area contributed by atoms with Gasteiger partial charge in [-0.1, -0.05) is 12.2 Å². The molecule has 2 aromatic rings. The summed E-state index contributed by atoms with van der Waals surface area (Å²) in [6, 6.07) is 6.38. The van der Waals surface area contributed by atoms with E-state index in [0.717, 1.165) is 23.2 Å². The lowest BCUT2D eigenvalue weighted by Gasteiger charge is -2.26. The fourth-order valence-corrected chi connectivity index (χ4v) is 3.40. The number of fused-ring (bicyclic) bond motifs is 4. The molecule has 1 aliphatic heterocycles. The maximum absolute atomic E-state index is 11.2. The van der Waals surface area contributed by atoms with Crippen LogP contribution in [0.2, 0.25) is 0 Å². The summed E-state index contributed by atoms with van der Waals surface area (Å²) in [4.78, 5) is 19.1. The van der Waals surface area contributed by atoms with Crippen LogP contribution in [-0.2, 0) is 4.79 Å². The highest BCUT2D eigenvalue weighted by Crippen LogP contribution is 2.33. The zero-order valence-electron chi connectivity index (χ0n) is 11.5. The molecular weight excluding hydrogens is 264 g/mol. The van der Waals surface area contributed by atoms with Crippen LogP contribution in [0.15, 0.2) is 35.5 Å². The van der Waals surface area contributed by atoms with Crippen molar-refractivity contribution in [2.75, 3.05) is 6.54 Å². The zero-order chi connectivity index (χ0) is 14.4. The summed E-state index contributed by atoms with van der Waals surface area (Å²) in [5.74, 6) is -0.856. The van der Waals surface area contributed by atoms with Crippen molar-refractivity contribution in [1.29, 1.82) is 0 Å². The van der Waals surface area contributed by atoms with Gasteiger partial charge in [0.15, 0.2) is 0 Å². The molecule has 0 bridgehead atoms. The van der Waals surface area contributed by atoms with Crippen LogP contribution in [-0.4, -0.2) is 28.3 Å². The minimum Gasteiger partial charge on any atom is -0.481 e. The first-order valence-electron chi connectivity index (χ1n) is 7.27. The molecule has 4 heteroatoms. The van der Waals surface area contributed by atoms with Crippen molar-refractivity contribution < 1.29 is 9.90 Å². The third kappa shape index (κ3) is 1.98. The van der Waals surface area contributed by atoms with Crippen LogP contribution in [0.4, 0.5) is 0 Å². The van der Waals surface area contributed by atoms with E-state index in [0.29, 0.717) is 13.0 Å². The lowest BCUT2D eigenvalue weighted by atomic mass is 9.83. The van der Waals surface area contributed by atoms with Crippen molar-refractivity contribution in [2.24, 2.45) is 16.8 Å². The van der Waals surface area contributed by atoms with E-state index in [1.165, 1.54) is 10.9 Å². The van der Waals surface area contributed by atoms with Gasteiger partial charge in [0.25, 0.3) is 0 Å². The van der Waals surface area contributed by atoms with E-state index in [1.807, 2.05) is 6.20 Å². The smallest absolute Gasteiger partial charge is 0.308 e. The fraction of sp³-hybridized carbons (Fsp3) is 0.294. The number of H-pyrrole nitrogens is 1. The molecule has 1 aromatic carbocycles. The first-order chi connectivity index (χ1) is 10.2. The topological polar surface area (TPSA) is 65.4 Å². The van der Waals surface area contributed by atoms with Gasteiger partial charge in [-0.2, -0.15) is 0 Å². The number of aromatic amines is 1. The first kappa shape index (κ1) is 12.4. The number of carbonyl (C=O) groups is 1. The van der Waals surface area contributed by atoms with Crippen LogP contribution in [0, 0.1) is 11.8 Å². The number of aromatic nitrogens is 1. The second kappa shape index (κ2) is 4.58. The number of allylic oxidation sites excluding steroid dienone is 1. The first-order valence-corrected chi connectivity index (χ1v) is 7.27. The third-order valence-corrected chi connectivity index (χ3v) is 4.50. The molecule has 21 heavy (non-hydrogen) atoms. The second-order valence-corrected chi connectivity index (χ2v) is 5.84. The number of aliphatic carboxylic acids is 1. The number of carboxylic acid groups (broad SMARTS) is 1. The molecule has 0 saturated heterocycles. The summed E-state index contributed by atoms with van der Waals surface area (Å²) in [7, 11) is 0. The van der Waals surface area contributed by atoms with E-state index >= 15 is 0 Å². The number of nitrogens with zero attached hydrogens (tertiary/aromatic N) is 1. The van der Waals surface area contributed by atoms with Crippen molar-refractivity contribution in [3.63, 3.8) is 0 Å². The molecule has 2 aliphatic rings. The van der Waals surface area contributed by atoms with E-state index < -0.39 is 5.97 Å². The Hall–Kier alpha value is -2.36. The summed E-state index contributed by atoms with van der Waals surface area (Å²) in [6.07, 6.45) is 7.76. The number of benzene rings is 1. The number of carboxylic acids is 1. The molecule has 2 unspecified atom stereocenters. The Labute approximate surface area is 122 Å². The zero-order valence-corrected chi connectivity index (χ0v) is 11.5. The average Bonchev–Trinajstić information content (AvgIpc) is 2.85. The monoisotopic (exact) mass is 280 g/mol. The maximum Gasteiger partial charge on any atom is 0.308 e. The maximum atomic E-state index is 11.2. The minimum atomic E-state index is -0.729. The SMILES string of the molecule is O=C(O)C1CN=C2c3cc4cc[nH]c4cc3C=CCC2C1. The summed E-state index contributed by atoms with van der Waals surface area (Å²) in [5, 5.41) is 10.4. The minimum absolute atomic E-state index is 0.216. The van der Waals surface area contributed by atoms with Gasteiger partial charge in [-0.15, -0.1) is 0 Å². The highest BCUT2D eigenvalue weighted by atomic mass is 16.4. The third-order valence-electron chi connectivity index (χ3n) is 4.50. The van der Waals surface area contributed by atoms with Crippen molar-refractivity contribution >= 4 is 28.7 Å². The van der Waals surface area contributed by atoms with Gasteiger partial charge in [0, 0.05) is 34.3 Å². The number of rotatable bonds is 1. The van der Waals surface area contributed by atoms with Crippen molar-refractivity contribution in [1.82, 2.24) is 4.98 Å². The van der Waals surface area contributed by atoms with Gasteiger partial charge < -0.3 is 10.1 Å². The van der Waals surface area contributed by atoms with Gasteiger partial charge in [0.2, 0.25) is 0 Å². The molecule has 2 N–H and O–H groups in total. The molecule has 2 heterocycles. The van der Waals surface area contributed by atoms with E-state index in [9.17, 15) is 9.90 Å². The van der Waals surface area contributed by atoms with E-state index in [4.69, 9.17) is 0 Å². The highest BCUT2D eigenvalue weighted by Gasteiger charge is 2.31. The Balaban J connectivity index is 1.85. The molecule has 2 atom stereocenters. The lowest BCUT2D eigenvalue weighted by Crippen LogP contribution is -2.30. The largest absolute Gasteiger partial charge is 0.481 e. The molecule has 0 saturated carbocycles. The molecule has 0 amide bonds. The Morgan fingerprint density at radius 2 is 2.29 bits per heavy atom. The Kier molecular flexibility index (Phi) is 2.70. The van der Waals surface area contributed by atoms with E-state index in [1.54, 1.807) is 0 Å². The van der Waals surface area contributed by atoms with Gasteiger partial charge in [0.1, 0.15) is 0 Å². The predicted molar refractivity (Wildman–Crippen MR) is 82.6 cm³/mol. The molecule has 0 radical (unpaired) electrons. The fourth-order valence-electron chi connectivity index (χ4n) is 3.40. The lowest BCUT2D eigenvalue weighted by molar-refractivity contribution is -0.141. The molecular formula is C17H16N2O2. The standard InChI is InChI=1S/C17H16N2O2/c20-17(21)13-6-12-3-1-2-10-8-15-11(4-5-18-15)7-14(10)16(12)19-9-13/h1-2,4-5,7-8,12-13,18H,3,6,9H2,(H,20,21). The van der Waals surface area contributed by atoms with Gasteiger partial charge in [-0.3, -0.25) is 9.79 Å². The molecule has 4 nitrogen and oxygen atoms in total. The number of hydrogen-bond acceptors (Lipinski definition) is 2. The van der Waals surface area contributed by atoms with Crippen molar-refractivity contribution in [3.8, 4) is 0 Å². The summed E-state index contributed by atoms with van der Waals surface area (Å²) in [5.41, 5.74) is 4.52. The van der Waals surface area contributed by atoms with Gasteiger partial charge in [0.05, 0.1) is 12.5 Å². The summed E-state index contributed by atoms with van der Waals surface area (Å²) >= 11 is 0. The number of hydrogen-bond donors (Lipinski definition) is 2. The second-order valence-electron chi connectivity index (χ2n) is 5.84. The summed E-state index contributed by atoms with van der Waals surface area (Å²) < 4.78 is 0. The molecule has 0 spiro atoms. The predicted octanol–water partition coefficient (Wildman–Crippen LogP) is 3.09. The Morgan fingerprint density at radius 1 is 1.38 bits per heavy atom. The van der Waals surface area contributed by atoms with E-state index in [2.05, 4.69) is 40.3 Å².